The zero-order valence-corrected chi connectivity index (χ0v) is 8.13. The lowest BCUT2D eigenvalue weighted by Crippen LogP contribution is -2.28. The van der Waals surface area contributed by atoms with E-state index in [1.165, 1.54) is 0 Å². The number of hydrogen-bond acceptors (Lipinski definition) is 2. The smallest absolute Gasteiger partial charge is 0.306 e. The summed E-state index contributed by atoms with van der Waals surface area (Å²) in [6.07, 6.45) is 1.79. The second-order valence-corrected chi connectivity index (χ2v) is 3.29. The predicted octanol–water partition coefficient (Wildman–Crippen LogP) is 1.49. The van der Waals surface area contributed by atoms with Gasteiger partial charge < -0.3 is 10.4 Å². The van der Waals surface area contributed by atoms with Gasteiger partial charge in [-0.3, -0.25) is 4.79 Å². The predicted molar refractivity (Wildman–Crippen MR) is 49.2 cm³/mol. The third-order valence-corrected chi connectivity index (χ3v) is 2.10. The normalized spacial score (nSPS) is 15.6. The summed E-state index contributed by atoms with van der Waals surface area (Å²) in [5.74, 6) is -0.942. The van der Waals surface area contributed by atoms with E-state index < -0.39 is 5.97 Å². The van der Waals surface area contributed by atoms with Crippen molar-refractivity contribution in [2.24, 2.45) is 5.92 Å². The SMILES string of the molecule is CCC(C)NCCC(C)C(=O)O. The van der Waals surface area contributed by atoms with Crippen molar-refractivity contribution >= 4 is 5.97 Å². The number of rotatable bonds is 6. The van der Waals surface area contributed by atoms with Crippen molar-refractivity contribution in [1.29, 1.82) is 0 Å². The van der Waals surface area contributed by atoms with Gasteiger partial charge in [-0.25, -0.2) is 0 Å². The van der Waals surface area contributed by atoms with Gasteiger partial charge in [0.1, 0.15) is 0 Å². The van der Waals surface area contributed by atoms with Crippen LogP contribution in [0, 0.1) is 5.92 Å². The van der Waals surface area contributed by atoms with Crippen LogP contribution >= 0.6 is 0 Å². The molecule has 0 heterocycles. The molecule has 0 bridgehead atoms. The van der Waals surface area contributed by atoms with Gasteiger partial charge in [-0.1, -0.05) is 13.8 Å². The molecule has 2 N–H and O–H groups in total. The van der Waals surface area contributed by atoms with Gasteiger partial charge in [0.25, 0.3) is 0 Å². The highest BCUT2D eigenvalue weighted by Gasteiger charge is 2.09. The molecule has 0 aliphatic carbocycles. The molecule has 0 aliphatic heterocycles. The van der Waals surface area contributed by atoms with Gasteiger partial charge in [0.05, 0.1) is 5.92 Å². The summed E-state index contributed by atoms with van der Waals surface area (Å²) in [5.41, 5.74) is 0. The standard InChI is InChI=1S/C9H19NO2/c1-4-8(3)10-6-5-7(2)9(11)12/h7-8,10H,4-6H2,1-3H3,(H,11,12). The average Bonchev–Trinajstić information content (AvgIpc) is 2.03. The molecule has 0 rings (SSSR count). The molecule has 72 valence electrons. The van der Waals surface area contributed by atoms with Gasteiger partial charge in [-0.2, -0.15) is 0 Å². The zero-order valence-electron chi connectivity index (χ0n) is 8.13. The summed E-state index contributed by atoms with van der Waals surface area (Å²) < 4.78 is 0. The Morgan fingerprint density at radius 2 is 2.08 bits per heavy atom. The van der Waals surface area contributed by atoms with E-state index in [1.54, 1.807) is 6.92 Å². The molecule has 0 radical (unpaired) electrons. The number of hydrogen-bond donors (Lipinski definition) is 2. The first-order valence-electron chi connectivity index (χ1n) is 4.54. The van der Waals surface area contributed by atoms with Crippen molar-refractivity contribution in [1.82, 2.24) is 5.32 Å². The molecule has 0 aromatic carbocycles. The summed E-state index contributed by atoms with van der Waals surface area (Å²) in [7, 11) is 0. The van der Waals surface area contributed by atoms with Crippen molar-refractivity contribution < 1.29 is 9.90 Å². The van der Waals surface area contributed by atoms with Crippen LogP contribution in [-0.2, 0) is 4.79 Å². The quantitative estimate of drug-likeness (QED) is 0.639. The van der Waals surface area contributed by atoms with Crippen LogP contribution in [-0.4, -0.2) is 23.7 Å². The van der Waals surface area contributed by atoms with Crippen molar-refractivity contribution in [3.63, 3.8) is 0 Å². The van der Waals surface area contributed by atoms with E-state index in [9.17, 15) is 4.79 Å². The van der Waals surface area contributed by atoms with Crippen molar-refractivity contribution in [3.8, 4) is 0 Å². The molecule has 0 fully saturated rings. The molecule has 2 atom stereocenters. The highest BCUT2D eigenvalue weighted by atomic mass is 16.4. The molecule has 0 aromatic heterocycles. The maximum Gasteiger partial charge on any atom is 0.306 e. The van der Waals surface area contributed by atoms with E-state index in [0.717, 1.165) is 13.0 Å². The molecule has 2 unspecified atom stereocenters. The lowest BCUT2D eigenvalue weighted by Gasteiger charge is -2.12. The van der Waals surface area contributed by atoms with Crippen LogP contribution in [0.4, 0.5) is 0 Å². The zero-order chi connectivity index (χ0) is 9.56. The third kappa shape index (κ3) is 5.13. The van der Waals surface area contributed by atoms with Crippen LogP contribution in [0.25, 0.3) is 0 Å². The fraction of sp³-hybridized carbons (Fsp3) is 0.889. The van der Waals surface area contributed by atoms with Crippen molar-refractivity contribution in [2.45, 2.75) is 39.7 Å². The number of carboxylic acids is 1. The molecule has 3 heteroatoms. The second kappa shape index (κ2) is 6.00. The summed E-state index contributed by atoms with van der Waals surface area (Å²) in [6.45, 7) is 6.74. The van der Waals surface area contributed by atoms with Gasteiger partial charge in [-0.15, -0.1) is 0 Å². The largest absolute Gasteiger partial charge is 0.481 e. The Kier molecular flexibility index (Phi) is 5.72. The van der Waals surface area contributed by atoms with E-state index in [0.29, 0.717) is 12.5 Å². The fourth-order valence-electron chi connectivity index (χ4n) is 0.814. The number of carboxylic acid groups (broad SMARTS) is 1. The number of aliphatic carboxylic acids is 1. The topological polar surface area (TPSA) is 49.3 Å². The minimum atomic E-state index is -0.707. The molecule has 0 saturated heterocycles. The van der Waals surface area contributed by atoms with Crippen molar-refractivity contribution in [3.05, 3.63) is 0 Å². The Hall–Kier alpha value is -0.570. The summed E-state index contributed by atoms with van der Waals surface area (Å²) in [5, 5.41) is 11.8. The van der Waals surface area contributed by atoms with Crippen LogP contribution in [0.3, 0.4) is 0 Å². The molecule has 12 heavy (non-hydrogen) atoms. The summed E-state index contributed by atoms with van der Waals surface area (Å²) in [6, 6.07) is 0.492. The Balaban J connectivity index is 3.37. The van der Waals surface area contributed by atoms with E-state index >= 15 is 0 Å². The number of carbonyl (C=O) groups is 1. The summed E-state index contributed by atoms with van der Waals surface area (Å²) >= 11 is 0. The summed E-state index contributed by atoms with van der Waals surface area (Å²) in [4.78, 5) is 10.4. The molecule has 0 saturated carbocycles. The maximum atomic E-state index is 10.4. The van der Waals surface area contributed by atoms with Crippen LogP contribution in [0.1, 0.15) is 33.6 Å². The fourth-order valence-corrected chi connectivity index (χ4v) is 0.814. The molecular weight excluding hydrogens is 154 g/mol. The Bertz CT molecular complexity index is 136. The van der Waals surface area contributed by atoms with Gasteiger partial charge in [0, 0.05) is 6.04 Å². The molecule has 0 aromatic rings. The first-order valence-corrected chi connectivity index (χ1v) is 4.54. The van der Waals surface area contributed by atoms with Crippen molar-refractivity contribution in [2.75, 3.05) is 6.54 Å². The monoisotopic (exact) mass is 173 g/mol. The van der Waals surface area contributed by atoms with Gasteiger partial charge in [-0.05, 0) is 26.3 Å². The Morgan fingerprint density at radius 1 is 1.50 bits per heavy atom. The van der Waals surface area contributed by atoms with Crippen LogP contribution < -0.4 is 5.32 Å². The van der Waals surface area contributed by atoms with E-state index in [4.69, 9.17) is 5.11 Å². The van der Waals surface area contributed by atoms with E-state index in [2.05, 4.69) is 19.2 Å². The first kappa shape index (κ1) is 11.4. The van der Waals surface area contributed by atoms with Gasteiger partial charge in [0.2, 0.25) is 0 Å². The highest BCUT2D eigenvalue weighted by Crippen LogP contribution is 2.00. The molecule has 0 spiro atoms. The van der Waals surface area contributed by atoms with E-state index in [-0.39, 0.29) is 5.92 Å². The lowest BCUT2D eigenvalue weighted by molar-refractivity contribution is -0.141. The molecule has 0 amide bonds. The highest BCUT2D eigenvalue weighted by molar-refractivity contribution is 5.69. The molecular formula is C9H19NO2. The Labute approximate surface area is 74.2 Å². The average molecular weight is 173 g/mol. The van der Waals surface area contributed by atoms with Crippen LogP contribution in [0.15, 0.2) is 0 Å². The maximum absolute atomic E-state index is 10.4. The lowest BCUT2D eigenvalue weighted by atomic mass is 10.1. The van der Waals surface area contributed by atoms with E-state index in [1.807, 2.05) is 0 Å². The third-order valence-electron chi connectivity index (χ3n) is 2.10. The first-order chi connectivity index (χ1) is 5.57. The Morgan fingerprint density at radius 3 is 2.50 bits per heavy atom. The minimum Gasteiger partial charge on any atom is -0.481 e. The second-order valence-electron chi connectivity index (χ2n) is 3.29. The van der Waals surface area contributed by atoms with Crippen LogP contribution in [0.5, 0.6) is 0 Å². The molecule has 0 aliphatic rings. The van der Waals surface area contributed by atoms with Gasteiger partial charge >= 0.3 is 5.97 Å². The number of nitrogens with one attached hydrogen (secondary N) is 1. The minimum absolute atomic E-state index is 0.235. The van der Waals surface area contributed by atoms with Gasteiger partial charge in [0.15, 0.2) is 0 Å². The van der Waals surface area contributed by atoms with Crippen LogP contribution in [0.2, 0.25) is 0 Å². The molecule has 3 nitrogen and oxygen atoms in total.